The molecule has 0 spiro atoms. The van der Waals surface area contributed by atoms with E-state index in [-0.39, 0.29) is 11.8 Å². The molecule has 0 unspecified atom stereocenters. The minimum Gasteiger partial charge on any atom is -0.333 e. The van der Waals surface area contributed by atoms with E-state index in [0.29, 0.717) is 35.2 Å². The Morgan fingerprint density at radius 2 is 2.22 bits per heavy atom. The largest absolute Gasteiger partial charge is 0.333 e. The Morgan fingerprint density at radius 3 is 2.96 bits per heavy atom. The van der Waals surface area contributed by atoms with E-state index in [2.05, 4.69) is 26.2 Å². The van der Waals surface area contributed by atoms with Gasteiger partial charge in [-0.2, -0.15) is 0 Å². The quantitative estimate of drug-likeness (QED) is 0.815. The van der Waals surface area contributed by atoms with E-state index in [4.69, 9.17) is 11.6 Å². The van der Waals surface area contributed by atoms with Crippen LogP contribution in [0.3, 0.4) is 0 Å². The Balaban J connectivity index is 1.81. The zero-order valence-corrected chi connectivity index (χ0v) is 15.4. The third-order valence-electron chi connectivity index (χ3n) is 3.46. The molecule has 0 saturated carbocycles. The maximum atomic E-state index is 12.7. The third-order valence-corrected chi connectivity index (χ3v) is 5.28. The van der Waals surface area contributed by atoms with Crippen molar-refractivity contribution in [3.63, 3.8) is 0 Å². The summed E-state index contributed by atoms with van der Waals surface area (Å²) in [6.45, 7) is 2.51. The normalized spacial score (nSPS) is 13.6. The molecule has 0 atom stereocenters. The number of benzene rings is 1. The van der Waals surface area contributed by atoms with E-state index in [9.17, 15) is 9.59 Å². The van der Waals surface area contributed by atoms with Crippen molar-refractivity contribution in [2.75, 3.05) is 11.9 Å². The molecule has 1 aliphatic heterocycles. The third kappa shape index (κ3) is 3.57. The Labute approximate surface area is 150 Å². The number of anilines is 1. The summed E-state index contributed by atoms with van der Waals surface area (Å²) in [7, 11) is 0. The van der Waals surface area contributed by atoms with Gasteiger partial charge in [0.25, 0.3) is 5.91 Å². The molecule has 0 fully saturated rings. The SMILES string of the molecule is CC(=O)Nc1nc2c(s1)CN(C(=O)c1cc(Br)ccc1Cl)CC2. The molecule has 1 aromatic heterocycles. The van der Waals surface area contributed by atoms with Crippen LogP contribution >= 0.6 is 38.9 Å². The van der Waals surface area contributed by atoms with Crippen LogP contribution in [0.25, 0.3) is 0 Å². The number of nitrogens with one attached hydrogen (secondary N) is 1. The summed E-state index contributed by atoms with van der Waals surface area (Å²) in [5, 5.41) is 3.71. The lowest BCUT2D eigenvalue weighted by atomic mass is 10.1. The number of halogens is 2. The number of carbonyl (C=O) groups is 2. The predicted molar refractivity (Wildman–Crippen MR) is 94.0 cm³/mol. The number of fused-ring (bicyclic) bond motifs is 1. The summed E-state index contributed by atoms with van der Waals surface area (Å²) in [5.74, 6) is -0.249. The van der Waals surface area contributed by atoms with Crippen molar-refractivity contribution in [1.29, 1.82) is 0 Å². The number of hydrogen-bond donors (Lipinski definition) is 1. The van der Waals surface area contributed by atoms with Crippen molar-refractivity contribution in [3.05, 3.63) is 43.8 Å². The maximum Gasteiger partial charge on any atom is 0.255 e. The number of thiazole rings is 1. The minimum absolute atomic E-state index is 0.101. The van der Waals surface area contributed by atoms with Crippen LogP contribution in [0, 0.1) is 0 Å². The van der Waals surface area contributed by atoms with Crippen LogP contribution in [0.2, 0.25) is 5.02 Å². The van der Waals surface area contributed by atoms with E-state index < -0.39 is 0 Å². The lowest BCUT2D eigenvalue weighted by Crippen LogP contribution is -2.35. The zero-order valence-electron chi connectivity index (χ0n) is 12.2. The van der Waals surface area contributed by atoms with Gasteiger partial charge >= 0.3 is 0 Å². The molecule has 23 heavy (non-hydrogen) atoms. The molecule has 0 bridgehead atoms. The standard InChI is InChI=1S/C15H13BrClN3O2S/c1-8(21)18-15-19-12-4-5-20(7-13(12)23-15)14(22)10-6-9(16)2-3-11(10)17/h2-3,6H,4-5,7H2,1H3,(H,18,19,21). The van der Waals surface area contributed by atoms with Gasteiger partial charge in [-0.25, -0.2) is 4.98 Å². The van der Waals surface area contributed by atoms with Gasteiger partial charge in [-0.1, -0.05) is 38.9 Å². The fourth-order valence-corrected chi connectivity index (χ4v) is 4.03. The first-order valence-electron chi connectivity index (χ1n) is 6.94. The van der Waals surface area contributed by atoms with Crippen molar-refractivity contribution >= 4 is 55.8 Å². The highest BCUT2D eigenvalue weighted by Crippen LogP contribution is 2.30. The van der Waals surface area contributed by atoms with Crippen molar-refractivity contribution in [3.8, 4) is 0 Å². The van der Waals surface area contributed by atoms with E-state index in [0.717, 1.165) is 15.0 Å². The number of nitrogens with zero attached hydrogens (tertiary/aromatic N) is 2. The second-order valence-electron chi connectivity index (χ2n) is 5.17. The summed E-state index contributed by atoms with van der Waals surface area (Å²) >= 11 is 10.9. The predicted octanol–water partition coefficient (Wildman–Crippen LogP) is 3.72. The van der Waals surface area contributed by atoms with Gasteiger partial charge in [0.1, 0.15) is 0 Å². The summed E-state index contributed by atoms with van der Waals surface area (Å²) in [6.07, 6.45) is 0.669. The molecule has 2 amide bonds. The highest BCUT2D eigenvalue weighted by Gasteiger charge is 2.26. The lowest BCUT2D eigenvalue weighted by Gasteiger charge is -2.26. The molecule has 1 N–H and O–H groups in total. The van der Waals surface area contributed by atoms with Gasteiger partial charge < -0.3 is 10.2 Å². The first kappa shape index (κ1) is 16.4. The van der Waals surface area contributed by atoms with Crippen LogP contribution < -0.4 is 5.32 Å². The molecule has 0 radical (unpaired) electrons. The van der Waals surface area contributed by atoms with Crippen molar-refractivity contribution in [1.82, 2.24) is 9.88 Å². The molecule has 3 rings (SSSR count). The number of carbonyl (C=O) groups excluding carboxylic acids is 2. The fraction of sp³-hybridized carbons (Fsp3) is 0.267. The topological polar surface area (TPSA) is 62.3 Å². The average molecular weight is 415 g/mol. The van der Waals surface area contributed by atoms with E-state index in [1.807, 2.05) is 0 Å². The summed E-state index contributed by atoms with van der Waals surface area (Å²) in [4.78, 5) is 31.0. The van der Waals surface area contributed by atoms with Crippen LogP contribution in [0.5, 0.6) is 0 Å². The highest BCUT2D eigenvalue weighted by molar-refractivity contribution is 9.10. The molecule has 0 saturated heterocycles. The summed E-state index contributed by atoms with van der Waals surface area (Å²) in [5.41, 5.74) is 1.43. The van der Waals surface area contributed by atoms with Gasteiger partial charge in [-0.3, -0.25) is 9.59 Å². The number of rotatable bonds is 2. The second kappa shape index (κ2) is 6.59. The van der Waals surface area contributed by atoms with Crippen molar-refractivity contribution in [2.45, 2.75) is 19.9 Å². The van der Waals surface area contributed by atoms with Crippen molar-refractivity contribution in [2.24, 2.45) is 0 Å². The van der Waals surface area contributed by atoms with E-state index in [1.165, 1.54) is 18.3 Å². The molecule has 2 heterocycles. The zero-order chi connectivity index (χ0) is 16.6. The van der Waals surface area contributed by atoms with E-state index >= 15 is 0 Å². The second-order valence-corrected chi connectivity index (χ2v) is 7.58. The molecule has 120 valence electrons. The Kier molecular flexibility index (Phi) is 4.70. The van der Waals surface area contributed by atoms with Gasteiger partial charge in [-0.15, -0.1) is 0 Å². The molecule has 5 nitrogen and oxygen atoms in total. The number of hydrogen-bond acceptors (Lipinski definition) is 4. The van der Waals surface area contributed by atoms with Crippen LogP contribution in [0.1, 0.15) is 27.9 Å². The number of amides is 2. The van der Waals surface area contributed by atoms with Crippen LogP contribution in [0.4, 0.5) is 5.13 Å². The first-order valence-corrected chi connectivity index (χ1v) is 8.93. The molecule has 0 aliphatic carbocycles. The summed E-state index contributed by atoms with van der Waals surface area (Å²) in [6, 6.07) is 5.24. The van der Waals surface area contributed by atoms with Gasteiger partial charge in [-0.05, 0) is 18.2 Å². The Bertz CT molecular complexity index is 793. The van der Waals surface area contributed by atoms with Gasteiger partial charge in [0, 0.05) is 29.2 Å². The van der Waals surface area contributed by atoms with Crippen molar-refractivity contribution < 1.29 is 9.59 Å². The highest BCUT2D eigenvalue weighted by atomic mass is 79.9. The maximum absolute atomic E-state index is 12.7. The van der Waals surface area contributed by atoms with Crippen LogP contribution in [-0.4, -0.2) is 28.2 Å². The Hall–Kier alpha value is -1.44. The number of aromatic nitrogens is 1. The first-order chi connectivity index (χ1) is 10.9. The monoisotopic (exact) mass is 413 g/mol. The molecule has 8 heteroatoms. The Morgan fingerprint density at radius 1 is 1.43 bits per heavy atom. The molecule has 2 aromatic rings. The van der Waals surface area contributed by atoms with Crippen LogP contribution in [-0.2, 0) is 17.8 Å². The van der Waals surface area contributed by atoms with E-state index in [1.54, 1.807) is 23.1 Å². The fourth-order valence-electron chi connectivity index (χ4n) is 2.40. The molecule has 1 aromatic carbocycles. The van der Waals surface area contributed by atoms with Gasteiger partial charge in [0.15, 0.2) is 5.13 Å². The van der Waals surface area contributed by atoms with Gasteiger partial charge in [0.05, 0.1) is 22.8 Å². The molecule has 1 aliphatic rings. The smallest absolute Gasteiger partial charge is 0.255 e. The molecular weight excluding hydrogens is 402 g/mol. The molecular formula is C15H13BrClN3O2S. The average Bonchev–Trinajstić information content (AvgIpc) is 2.89. The minimum atomic E-state index is -0.148. The van der Waals surface area contributed by atoms with Crippen LogP contribution in [0.15, 0.2) is 22.7 Å². The van der Waals surface area contributed by atoms with Gasteiger partial charge in [0.2, 0.25) is 5.91 Å². The lowest BCUT2D eigenvalue weighted by molar-refractivity contribution is -0.114. The summed E-state index contributed by atoms with van der Waals surface area (Å²) < 4.78 is 0.814.